The number of likely N-dealkylation sites (tertiary alicyclic amines) is 1. The molecule has 0 bridgehead atoms. The first-order valence-corrected chi connectivity index (χ1v) is 13.1. The minimum absolute atomic E-state index is 0.0321. The Morgan fingerprint density at radius 2 is 1.79 bits per heavy atom. The van der Waals surface area contributed by atoms with E-state index in [0.29, 0.717) is 69.9 Å². The normalized spacial score (nSPS) is 23.7. The number of aromatic amines is 1. The summed E-state index contributed by atoms with van der Waals surface area (Å²) in [6, 6.07) is 0. The SMILES string of the molecule is CCOC(=O)c1c(C)[nH]c(C)c1S(=O)(=O)N1CCCC(C(=O)N2CCC3(CC2)OCCO3)C1. The molecule has 4 heterocycles. The summed E-state index contributed by atoms with van der Waals surface area (Å²) < 4.78 is 45.1. The van der Waals surface area contributed by atoms with Gasteiger partial charge in [0.05, 0.1) is 25.7 Å². The van der Waals surface area contributed by atoms with E-state index in [1.807, 2.05) is 0 Å². The number of hydrogen-bond donors (Lipinski definition) is 1. The first-order chi connectivity index (χ1) is 15.7. The molecule has 1 spiro atoms. The van der Waals surface area contributed by atoms with Gasteiger partial charge in [-0.3, -0.25) is 4.79 Å². The van der Waals surface area contributed by atoms with E-state index in [9.17, 15) is 18.0 Å². The van der Waals surface area contributed by atoms with Crippen LogP contribution in [0.1, 0.15) is 54.4 Å². The third-order valence-electron chi connectivity index (χ3n) is 6.78. The number of aryl methyl sites for hydroxylation is 2. The second kappa shape index (κ2) is 9.36. The zero-order chi connectivity index (χ0) is 23.8. The lowest BCUT2D eigenvalue weighted by atomic mass is 9.96. The molecular weight excluding hydrogens is 450 g/mol. The van der Waals surface area contributed by atoms with Crippen molar-refractivity contribution in [2.75, 3.05) is 46.0 Å². The molecule has 1 aromatic heterocycles. The van der Waals surface area contributed by atoms with Crippen LogP contribution in [0.4, 0.5) is 0 Å². The van der Waals surface area contributed by atoms with Crippen LogP contribution in [0.3, 0.4) is 0 Å². The van der Waals surface area contributed by atoms with Gasteiger partial charge in [-0.15, -0.1) is 0 Å². The van der Waals surface area contributed by atoms with Gasteiger partial charge in [0.15, 0.2) is 5.79 Å². The molecule has 4 rings (SSSR count). The summed E-state index contributed by atoms with van der Waals surface area (Å²) in [5, 5.41) is 0. The van der Waals surface area contributed by atoms with Crippen molar-refractivity contribution in [2.45, 2.75) is 57.1 Å². The van der Waals surface area contributed by atoms with E-state index in [2.05, 4.69) is 4.98 Å². The Hall–Kier alpha value is -1.95. The van der Waals surface area contributed by atoms with Crippen LogP contribution >= 0.6 is 0 Å². The van der Waals surface area contributed by atoms with Crippen molar-refractivity contribution >= 4 is 21.9 Å². The minimum atomic E-state index is -3.99. The molecule has 10 nitrogen and oxygen atoms in total. The summed E-state index contributed by atoms with van der Waals surface area (Å²) in [6.45, 7) is 7.74. The van der Waals surface area contributed by atoms with E-state index < -0.39 is 27.7 Å². The summed E-state index contributed by atoms with van der Waals surface area (Å²) in [6.07, 6.45) is 2.46. The van der Waals surface area contributed by atoms with Gasteiger partial charge in [0.2, 0.25) is 15.9 Å². The Morgan fingerprint density at radius 1 is 1.12 bits per heavy atom. The van der Waals surface area contributed by atoms with E-state index >= 15 is 0 Å². The van der Waals surface area contributed by atoms with Crippen molar-refractivity contribution in [2.24, 2.45) is 5.92 Å². The van der Waals surface area contributed by atoms with Gasteiger partial charge < -0.3 is 24.1 Å². The molecule has 0 aliphatic carbocycles. The number of H-pyrrole nitrogens is 1. The highest BCUT2D eigenvalue weighted by molar-refractivity contribution is 7.89. The average molecular weight is 484 g/mol. The smallest absolute Gasteiger partial charge is 0.341 e. The number of aromatic nitrogens is 1. The summed E-state index contributed by atoms with van der Waals surface area (Å²) >= 11 is 0. The average Bonchev–Trinajstić information content (AvgIpc) is 3.37. The molecule has 1 atom stereocenters. The Balaban J connectivity index is 1.49. The lowest BCUT2D eigenvalue weighted by Gasteiger charge is -2.40. The van der Waals surface area contributed by atoms with E-state index in [0.717, 1.165) is 0 Å². The molecule has 3 fully saturated rings. The molecule has 1 N–H and O–H groups in total. The van der Waals surface area contributed by atoms with Crippen LogP contribution in [-0.2, 0) is 29.0 Å². The van der Waals surface area contributed by atoms with Crippen LogP contribution in [0, 0.1) is 19.8 Å². The first kappa shape index (κ1) is 24.2. The van der Waals surface area contributed by atoms with Gasteiger partial charge >= 0.3 is 5.97 Å². The lowest BCUT2D eigenvalue weighted by Crippen LogP contribution is -2.51. The second-order valence-electron chi connectivity index (χ2n) is 8.93. The fourth-order valence-electron chi connectivity index (χ4n) is 5.13. The molecule has 0 radical (unpaired) electrons. The maximum absolute atomic E-state index is 13.6. The van der Waals surface area contributed by atoms with Crippen molar-refractivity contribution in [3.05, 3.63) is 17.0 Å². The number of sulfonamides is 1. The molecule has 184 valence electrons. The van der Waals surface area contributed by atoms with Crippen LogP contribution in [0.5, 0.6) is 0 Å². The lowest BCUT2D eigenvalue weighted by molar-refractivity contribution is -0.188. The molecule has 1 amide bonds. The number of nitrogens with zero attached hydrogens (tertiary/aromatic N) is 2. The van der Waals surface area contributed by atoms with Crippen molar-refractivity contribution in [1.82, 2.24) is 14.2 Å². The maximum atomic E-state index is 13.6. The van der Waals surface area contributed by atoms with Crippen molar-refractivity contribution < 1.29 is 32.2 Å². The predicted molar refractivity (Wildman–Crippen MR) is 118 cm³/mol. The standard InChI is InChI=1S/C22H33N3O7S/c1-4-30-21(27)18-15(2)23-16(3)19(18)33(28,29)25-9-5-6-17(14-25)20(26)24-10-7-22(8-11-24)31-12-13-32-22/h17,23H,4-14H2,1-3H3. The summed E-state index contributed by atoms with van der Waals surface area (Å²) in [5.41, 5.74) is 0.885. The Labute approximate surface area is 194 Å². The highest BCUT2D eigenvalue weighted by Gasteiger charge is 2.43. The van der Waals surface area contributed by atoms with Gasteiger partial charge in [0.25, 0.3) is 0 Å². The minimum Gasteiger partial charge on any atom is -0.462 e. The number of esters is 1. The third-order valence-corrected chi connectivity index (χ3v) is 8.82. The van der Waals surface area contributed by atoms with Gasteiger partial charge in [-0.25, -0.2) is 13.2 Å². The van der Waals surface area contributed by atoms with Crippen LogP contribution in [-0.4, -0.2) is 86.3 Å². The number of carbonyl (C=O) groups is 2. The summed E-state index contributed by atoms with van der Waals surface area (Å²) in [4.78, 5) is 30.5. The number of piperidine rings is 2. The van der Waals surface area contributed by atoms with Crippen LogP contribution in [0.25, 0.3) is 0 Å². The van der Waals surface area contributed by atoms with E-state index in [1.54, 1.807) is 25.7 Å². The first-order valence-electron chi connectivity index (χ1n) is 11.6. The van der Waals surface area contributed by atoms with Gasteiger partial charge in [0.1, 0.15) is 10.5 Å². The number of carbonyl (C=O) groups excluding carboxylic acids is 2. The van der Waals surface area contributed by atoms with Gasteiger partial charge in [0, 0.05) is 50.4 Å². The molecule has 1 aromatic rings. The third kappa shape index (κ3) is 4.55. The number of amides is 1. The number of nitrogens with one attached hydrogen (secondary N) is 1. The monoisotopic (exact) mass is 483 g/mol. The number of rotatable bonds is 5. The second-order valence-corrected chi connectivity index (χ2v) is 10.8. The van der Waals surface area contributed by atoms with Crippen LogP contribution in [0.2, 0.25) is 0 Å². The number of ether oxygens (including phenoxy) is 3. The van der Waals surface area contributed by atoms with Crippen molar-refractivity contribution in [3.8, 4) is 0 Å². The quantitative estimate of drug-likeness (QED) is 0.632. The fourth-order valence-corrected chi connectivity index (χ4v) is 7.07. The largest absolute Gasteiger partial charge is 0.462 e. The summed E-state index contributed by atoms with van der Waals surface area (Å²) in [7, 11) is -3.99. The zero-order valence-corrected chi connectivity index (χ0v) is 20.3. The van der Waals surface area contributed by atoms with Gasteiger partial charge in [-0.05, 0) is 33.6 Å². The molecule has 0 aromatic carbocycles. The van der Waals surface area contributed by atoms with E-state index in [4.69, 9.17) is 14.2 Å². The molecule has 3 aliphatic rings. The fraction of sp³-hybridized carbons (Fsp3) is 0.727. The highest BCUT2D eigenvalue weighted by Crippen LogP contribution is 2.34. The molecule has 11 heteroatoms. The van der Waals surface area contributed by atoms with Gasteiger partial charge in [-0.1, -0.05) is 0 Å². The van der Waals surface area contributed by atoms with Crippen molar-refractivity contribution in [1.29, 1.82) is 0 Å². The van der Waals surface area contributed by atoms with Crippen molar-refractivity contribution in [3.63, 3.8) is 0 Å². The molecule has 0 saturated carbocycles. The van der Waals surface area contributed by atoms with Crippen LogP contribution < -0.4 is 0 Å². The maximum Gasteiger partial charge on any atom is 0.341 e. The predicted octanol–water partition coefficient (Wildman–Crippen LogP) is 1.57. The summed E-state index contributed by atoms with van der Waals surface area (Å²) in [5.74, 6) is -1.68. The molecule has 3 saturated heterocycles. The Morgan fingerprint density at radius 3 is 2.42 bits per heavy atom. The molecule has 33 heavy (non-hydrogen) atoms. The van der Waals surface area contributed by atoms with Crippen LogP contribution in [0.15, 0.2) is 4.90 Å². The highest BCUT2D eigenvalue weighted by atomic mass is 32.2. The van der Waals surface area contributed by atoms with E-state index in [-0.39, 0.29) is 29.5 Å². The Kier molecular flexibility index (Phi) is 6.86. The molecular formula is C22H33N3O7S. The molecule has 3 aliphatic heterocycles. The topological polar surface area (TPSA) is 118 Å². The zero-order valence-electron chi connectivity index (χ0n) is 19.5. The molecule has 1 unspecified atom stereocenters. The Bertz CT molecular complexity index is 1000. The number of hydrogen-bond acceptors (Lipinski definition) is 7. The van der Waals surface area contributed by atoms with Gasteiger partial charge in [-0.2, -0.15) is 4.31 Å². The van der Waals surface area contributed by atoms with E-state index in [1.165, 1.54) is 4.31 Å².